The zero-order chi connectivity index (χ0) is 16.7. The van der Waals surface area contributed by atoms with Crippen LogP contribution in [0.2, 0.25) is 5.02 Å². The normalized spacial score (nSPS) is 21.1. The summed E-state index contributed by atoms with van der Waals surface area (Å²) in [7, 11) is 0. The molecule has 0 amide bonds. The van der Waals surface area contributed by atoms with Gasteiger partial charge in [0, 0.05) is 41.4 Å². The summed E-state index contributed by atoms with van der Waals surface area (Å²) in [6.07, 6.45) is 2.17. The lowest BCUT2D eigenvalue weighted by Crippen LogP contribution is -2.39. The molecule has 1 aliphatic carbocycles. The van der Waals surface area contributed by atoms with Crippen LogP contribution < -0.4 is 4.90 Å². The maximum atomic E-state index is 13.3. The number of halogens is 2. The summed E-state index contributed by atoms with van der Waals surface area (Å²) < 4.78 is 19.1. The van der Waals surface area contributed by atoms with Crippen LogP contribution in [0.1, 0.15) is 41.9 Å². The van der Waals surface area contributed by atoms with Gasteiger partial charge in [-0.1, -0.05) is 17.7 Å². The molecule has 1 aromatic carbocycles. The Labute approximate surface area is 145 Å². The number of nitrogens with zero attached hydrogens (tertiary/aromatic N) is 3. The van der Waals surface area contributed by atoms with Gasteiger partial charge in [-0.15, -0.1) is 0 Å². The molecule has 1 aliphatic heterocycles. The van der Waals surface area contributed by atoms with Crippen LogP contribution in [0.25, 0.3) is 0 Å². The molecule has 0 radical (unpaired) electrons. The van der Waals surface area contributed by atoms with Crippen molar-refractivity contribution in [3.63, 3.8) is 0 Å². The summed E-state index contributed by atoms with van der Waals surface area (Å²) in [6.45, 7) is 4.01. The largest absolute Gasteiger partial charge is 0.370 e. The third kappa shape index (κ3) is 3.23. The molecule has 2 aromatic rings. The van der Waals surface area contributed by atoms with Gasteiger partial charge in [-0.25, -0.2) is 14.4 Å². The first-order chi connectivity index (χ1) is 11.6. The molecule has 2 heterocycles. The Bertz CT molecular complexity index is 766. The lowest BCUT2D eigenvalue weighted by molar-refractivity contribution is 0.0395. The molecule has 2 fully saturated rings. The van der Waals surface area contributed by atoms with Crippen molar-refractivity contribution >= 4 is 17.4 Å². The second-order valence-electron chi connectivity index (χ2n) is 6.47. The molecule has 2 aliphatic rings. The molecular weight excluding hydrogens is 329 g/mol. The molecule has 4 rings (SSSR count). The van der Waals surface area contributed by atoms with Crippen molar-refractivity contribution in [2.75, 3.05) is 24.6 Å². The standard InChI is InChI=1S/C18H19ClFN3O/c1-11-8-17(22-18(21-11)12-2-3-12)23-6-7-24-16(10-23)14-5-4-13(20)9-15(14)19/h4-5,8-9,12,16H,2-3,6-7,10H2,1H3. The van der Waals surface area contributed by atoms with Gasteiger partial charge in [-0.05, 0) is 31.9 Å². The molecule has 0 bridgehead atoms. The number of hydrogen-bond acceptors (Lipinski definition) is 4. The zero-order valence-corrected chi connectivity index (χ0v) is 14.3. The average molecular weight is 348 g/mol. The SMILES string of the molecule is Cc1cc(N2CCOC(c3ccc(F)cc3Cl)C2)nc(C2CC2)n1. The van der Waals surface area contributed by atoms with Crippen LogP contribution in [0, 0.1) is 12.7 Å². The van der Waals surface area contributed by atoms with E-state index in [2.05, 4.69) is 9.88 Å². The number of rotatable bonds is 3. The fourth-order valence-corrected chi connectivity index (χ4v) is 3.36. The number of morpholine rings is 1. The van der Waals surface area contributed by atoms with Gasteiger partial charge < -0.3 is 9.64 Å². The Kier molecular flexibility index (Phi) is 4.14. The first-order valence-electron chi connectivity index (χ1n) is 8.27. The Morgan fingerprint density at radius 3 is 2.83 bits per heavy atom. The number of ether oxygens (including phenoxy) is 1. The lowest BCUT2D eigenvalue weighted by atomic mass is 10.1. The highest BCUT2D eigenvalue weighted by Gasteiger charge is 2.29. The summed E-state index contributed by atoms with van der Waals surface area (Å²) in [4.78, 5) is 11.5. The van der Waals surface area contributed by atoms with E-state index in [0.717, 1.165) is 29.4 Å². The van der Waals surface area contributed by atoms with Gasteiger partial charge in [0.2, 0.25) is 0 Å². The van der Waals surface area contributed by atoms with Crippen molar-refractivity contribution in [3.8, 4) is 0 Å². The van der Waals surface area contributed by atoms with E-state index in [0.29, 0.717) is 24.1 Å². The van der Waals surface area contributed by atoms with E-state index < -0.39 is 0 Å². The smallest absolute Gasteiger partial charge is 0.134 e. The minimum atomic E-state index is -0.336. The third-order valence-electron chi connectivity index (χ3n) is 4.50. The number of aromatic nitrogens is 2. The third-order valence-corrected chi connectivity index (χ3v) is 4.83. The van der Waals surface area contributed by atoms with E-state index in [1.807, 2.05) is 13.0 Å². The number of hydrogen-bond donors (Lipinski definition) is 0. The number of aryl methyl sites for hydroxylation is 1. The van der Waals surface area contributed by atoms with Gasteiger partial charge in [0.15, 0.2) is 0 Å². The highest BCUT2D eigenvalue weighted by Crippen LogP contribution is 2.39. The second kappa shape index (κ2) is 6.30. The molecule has 0 spiro atoms. The Balaban J connectivity index is 1.58. The molecule has 24 heavy (non-hydrogen) atoms. The maximum absolute atomic E-state index is 13.3. The van der Waals surface area contributed by atoms with Crippen molar-refractivity contribution in [2.45, 2.75) is 31.8 Å². The first-order valence-corrected chi connectivity index (χ1v) is 8.65. The molecule has 1 saturated carbocycles. The highest BCUT2D eigenvalue weighted by atomic mass is 35.5. The lowest BCUT2D eigenvalue weighted by Gasteiger charge is -2.34. The van der Waals surface area contributed by atoms with Crippen molar-refractivity contribution in [2.24, 2.45) is 0 Å². The monoisotopic (exact) mass is 347 g/mol. The Morgan fingerprint density at radius 2 is 2.08 bits per heavy atom. The summed E-state index contributed by atoms with van der Waals surface area (Å²) in [5, 5.41) is 0.402. The first kappa shape index (κ1) is 15.8. The van der Waals surface area contributed by atoms with Gasteiger partial charge in [0.25, 0.3) is 0 Å². The van der Waals surface area contributed by atoms with Crippen molar-refractivity contribution < 1.29 is 9.13 Å². The van der Waals surface area contributed by atoms with Gasteiger partial charge in [-0.3, -0.25) is 0 Å². The molecule has 0 N–H and O–H groups in total. The van der Waals surface area contributed by atoms with E-state index in [4.69, 9.17) is 21.3 Å². The summed E-state index contributed by atoms with van der Waals surface area (Å²) in [5.41, 5.74) is 1.81. The van der Waals surface area contributed by atoms with E-state index in [-0.39, 0.29) is 11.9 Å². The van der Waals surface area contributed by atoms with Crippen LogP contribution in [-0.4, -0.2) is 29.7 Å². The zero-order valence-electron chi connectivity index (χ0n) is 13.5. The second-order valence-corrected chi connectivity index (χ2v) is 6.88. The maximum Gasteiger partial charge on any atom is 0.134 e. The van der Waals surface area contributed by atoms with Crippen LogP contribution >= 0.6 is 11.6 Å². The molecule has 1 atom stereocenters. The minimum absolute atomic E-state index is 0.188. The molecule has 126 valence electrons. The van der Waals surface area contributed by atoms with Gasteiger partial charge in [-0.2, -0.15) is 0 Å². The van der Waals surface area contributed by atoms with E-state index >= 15 is 0 Å². The average Bonchev–Trinajstić information content (AvgIpc) is 3.39. The van der Waals surface area contributed by atoms with E-state index in [9.17, 15) is 4.39 Å². The molecule has 1 unspecified atom stereocenters. The van der Waals surface area contributed by atoms with Crippen LogP contribution in [0.4, 0.5) is 10.2 Å². The minimum Gasteiger partial charge on any atom is -0.370 e. The fourth-order valence-electron chi connectivity index (χ4n) is 3.07. The van der Waals surface area contributed by atoms with Gasteiger partial charge in [0.05, 0.1) is 6.61 Å². The summed E-state index contributed by atoms with van der Waals surface area (Å²) in [6, 6.07) is 6.47. The summed E-state index contributed by atoms with van der Waals surface area (Å²) >= 11 is 6.19. The van der Waals surface area contributed by atoms with Gasteiger partial charge >= 0.3 is 0 Å². The Morgan fingerprint density at radius 1 is 1.25 bits per heavy atom. The molecule has 6 heteroatoms. The van der Waals surface area contributed by atoms with Crippen molar-refractivity contribution in [3.05, 3.63) is 52.2 Å². The van der Waals surface area contributed by atoms with E-state index in [1.165, 1.54) is 25.0 Å². The van der Waals surface area contributed by atoms with Crippen LogP contribution in [0.3, 0.4) is 0 Å². The predicted octanol–water partition coefficient (Wildman–Crippen LogP) is 4.03. The Hall–Kier alpha value is -1.72. The topological polar surface area (TPSA) is 38.2 Å². The number of benzene rings is 1. The molecular formula is C18H19ClFN3O. The number of anilines is 1. The van der Waals surface area contributed by atoms with Crippen LogP contribution in [0.15, 0.2) is 24.3 Å². The predicted molar refractivity (Wildman–Crippen MR) is 91.1 cm³/mol. The van der Waals surface area contributed by atoms with Crippen LogP contribution in [-0.2, 0) is 4.74 Å². The fraction of sp³-hybridized carbons (Fsp3) is 0.444. The quantitative estimate of drug-likeness (QED) is 0.840. The van der Waals surface area contributed by atoms with E-state index in [1.54, 1.807) is 6.07 Å². The van der Waals surface area contributed by atoms with Crippen molar-refractivity contribution in [1.82, 2.24) is 9.97 Å². The molecule has 4 nitrogen and oxygen atoms in total. The highest BCUT2D eigenvalue weighted by molar-refractivity contribution is 6.31. The molecule has 1 aromatic heterocycles. The van der Waals surface area contributed by atoms with Crippen molar-refractivity contribution in [1.29, 1.82) is 0 Å². The van der Waals surface area contributed by atoms with Gasteiger partial charge in [0.1, 0.15) is 23.6 Å². The summed E-state index contributed by atoms with van der Waals surface area (Å²) in [5.74, 6) is 2.08. The molecule has 1 saturated heterocycles. The van der Waals surface area contributed by atoms with Crippen LogP contribution in [0.5, 0.6) is 0 Å².